The van der Waals surface area contributed by atoms with Crippen LogP contribution in [0.5, 0.6) is 0 Å². The number of hydrogen-bond acceptors (Lipinski definition) is 2. The third kappa shape index (κ3) is 2.03. The number of carboxylic acids is 1. The maximum atomic E-state index is 11.3. The molecule has 100 valence electrons. The Bertz CT molecular complexity index is 650. The minimum absolute atomic E-state index is 0.118. The molecule has 0 saturated carbocycles. The molecule has 0 amide bonds. The second kappa shape index (κ2) is 4.41. The first-order valence-electron chi connectivity index (χ1n) is 6.86. The first kappa shape index (κ1) is 12.3. The second-order valence-corrected chi connectivity index (χ2v) is 5.78. The lowest BCUT2D eigenvalue weighted by Gasteiger charge is -2.04. The van der Waals surface area contributed by atoms with E-state index in [4.69, 9.17) is 4.42 Å². The number of benzene rings is 1. The maximum absolute atomic E-state index is 11.3. The molecule has 1 aliphatic rings. The van der Waals surface area contributed by atoms with Crippen LogP contribution in [0.3, 0.4) is 0 Å². The molecule has 0 bridgehead atoms. The average molecular weight is 258 g/mol. The highest BCUT2D eigenvalue weighted by Crippen LogP contribution is 2.33. The van der Waals surface area contributed by atoms with Crippen LogP contribution in [0.1, 0.15) is 47.5 Å². The molecule has 2 aromatic rings. The number of aryl methyl sites for hydroxylation is 2. The molecule has 3 rings (SSSR count). The lowest BCUT2D eigenvalue weighted by atomic mass is 9.98. The number of rotatable bonds is 3. The van der Waals surface area contributed by atoms with Gasteiger partial charge in [-0.1, -0.05) is 13.8 Å². The van der Waals surface area contributed by atoms with Crippen LogP contribution in [0.25, 0.3) is 11.0 Å². The van der Waals surface area contributed by atoms with Gasteiger partial charge < -0.3 is 9.52 Å². The second-order valence-electron chi connectivity index (χ2n) is 5.78. The van der Waals surface area contributed by atoms with E-state index in [1.165, 1.54) is 17.5 Å². The van der Waals surface area contributed by atoms with Crippen LogP contribution < -0.4 is 0 Å². The van der Waals surface area contributed by atoms with Crippen molar-refractivity contribution in [2.24, 2.45) is 5.92 Å². The summed E-state index contributed by atoms with van der Waals surface area (Å²) in [5, 5.41) is 10.3. The fourth-order valence-corrected chi connectivity index (χ4v) is 3.00. The van der Waals surface area contributed by atoms with E-state index in [2.05, 4.69) is 19.9 Å². The highest BCUT2D eigenvalue weighted by atomic mass is 16.4. The topological polar surface area (TPSA) is 50.4 Å². The molecule has 3 nitrogen and oxygen atoms in total. The van der Waals surface area contributed by atoms with Crippen LogP contribution in [0.4, 0.5) is 0 Å². The number of furan rings is 1. The Morgan fingerprint density at radius 2 is 2.00 bits per heavy atom. The SMILES string of the molecule is CC(C)Cc1c(C(=O)O)oc2cc3c(cc12)CCC3. The third-order valence-electron chi connectivity index (χ3n) is 3.81. The van der Waals surface area contributed by atoms with Gasteiger partial charge in [-0.25, -0.2) is 4.79 Å². The summed E-state index contributed by atoms with van der Waals surface area (Å²) in [6.45, 7) is 4.19. The van der Waals surface area contributed by atoms with E-state index in [9.17, 15) is 9.90 Å². The van der Waals surface area contributed by atoms with Crippen LogP contribution >= 0.6 is 0 Å². The van der Waals surface area contributed by atoms with Crippen molar-refractivity contribution >= 4 is 16.9 Å². The largest absolute Gasteiger partial charge is 0.475 e. The molecule has 1 N–H and O–H groups in total. The van der Waals surface area contributed by atoms with Crippen molar-refractivity contribution in [2.45, 2.75) is 39.5 Å². The first-order chi connectivity index (χ1) is 9.06. The summed E-state index contributed by atoms with van der Waals surface area (Å²) in [6.07, 6.45) is 4.11. The van der Waals surface area contributed by atoms with Gasteiger partial charge in [-0.05, 0) is 54.9 Å². The summed E-state index contributed by atoms with van der Waals surface area (Å²) in [5.41, 5.74) is 4.26. The number of hydrogen-bond donors (Lipinski definition) is 1. The minimum Gasteiger partial charge on any atom is -0.475 e. The van der Waals surface area contributed by atoms with Crippen LogP contribution in [0, 0.1) is 5.92 Å². The molecule has 3 heteroatoms. The fraction of sp³-hybridized carbons (Fsp3) is 0.438. The monoisotopic (exact) mass is 258 g/mol. The zero-order chi connectivity index (χ0) is 13.6. The van der Waals surface area contributed by atoms with Crippen LogP contribution in [0.15, 0.2) is 16.5 Å². The van der Waals surface area contributed by atoms with E-state index in [-0.39, 0.29) is 5.76 Å². The van der Waals surface area contributed by atoms with Crippen molar-refractivity contribution < 1.29 is 14.3 Å². The summed E-state index contributed by atoms with van der Waals surface area (Å²) in [6, 6.07) is 4.18. The summed E-state index contributed by atoms with van der Waals surface area (Å²) >= 11 is 0. The van der Waals surface area contributed by atoms with Gasteiger partial charge in [0.2, 0.25) is 5.76 Å². The molecule has 1 aromatic carbocycles. The highest BCUT2D eigenvalue weighted by molar-refractivity contribution is 5.95. The standard InChI is InChI=1S/C16H18O3/c1-9(2)6-13-12-7-10-4-3-5-11(10)8-14(12)19-15(13)16(17)18/h7-9H,3-6H2,1-2H3,(H,17,18). The van der Waals surface area contributed by atoms with Gasteiger partial charge in [0, 0.05) is 10.9 Å². The Kier molecular flexibility index (Phi) is 2.85. The van der Waals surface area contributed by atoms with Gasteiger partial charge in [0.05, 0.1) is 0 Å². The van der Waals surface area contributed by atoms with Gasteiger partial charge in [0.25, 0.3) is 0 Å². The predicted octanol–water partition coefficient (Wildman–Crippen LogP) is 3.82. The zero-order valence-corrected chi connectivity index (χ0v) is 11.3. The van der Waals surface area contributed by atoms with Crippen molar-refractivity contribution in [3.63, 3.8) is 0 Å². The van der Waals surface area contributed by atoms with Crippen LogP contribution in [-0.2, 0) is 19.3 Å². The fourth-order valence-electron chi connectivity index (χ4n) is 3.00. The van der Waals surface area contributed by atoms with E-state index >= 15 is 0 Å². The van der Waals surface area contributed by atoms with Crippen LogP contribution in [-0.4, -0.2) is 11.1 Å². The number of carboxylic acid groups (broad SMARTS) is 1. The van der Waals surface area contributed by atoms with Crippen LogP contribution in [0.2, 0.25) is 0 Å². The molecular formula is C16H18O3. The van der Waals surface area contributed by atoms with Gasteiger partial charge in [0.15, 0.2) is 0 Å². The van der Waals surface area contributed by atoms with Crippen molar-refractivity contribution in [3.8, 4) is 0 Å². The predicted molar refractivity (Wildman–Crippen MR) is 73.7 cm³/mol. The van der Waals surface area contributed by atoms with E-state index in [1.54, 1.807) is 0 Å². The third-order valence-corrected chi connectivity index (χ3v) is 3.81. The molecule has 1 aromatic heterocycles. The lowest BCUT2D eigenvalue weighted by molar-refractivity contribution is 0.0663. The van der Waals surface area contributed by atoms with E-state index in [0.717, 1.165) is 35.8 Å². The molecular weight excluding hydrogens is 240 g/mol. The minimum atomic E-state index is -0.966. The number of fused-ring (bicyclic) bond motifs is 2. The van der Waals surface area contributed by atoms with Gasteiger partial charge in [-0.15, -0.1) is 0 Å². The van der Waals surface area contributed by atoms with Crippen molar-refractivity contribution in [1.29, 1.82) is 0 Å². The molecule has 0 fully saturated rings. The summed E-state index contributed by atoms with van der Waals surface area (Å²) < 4.78 is 5.59. The summed E-state index contributed by atoms with van der Waals surface area (Å²) in [7, 11) is 0. The molecule has 0 aliphatic heterocycles. The van der Waals surface area contributed by atoms with E-state index in [0.29, 0.717) is 5.92 Å². The Morgan fingerprint density at radius 1 is 1.32 bits per heavy atom. The molecule has 0 saturated heterocycles. The Hall–Kier alpha value is -1.77. The zero-order valence-electron chi connectivity index (χ0n) is 11.3. The normalized spacial score (nSPS) is 14.3. The van der Waals surface area contributed by atoms with Crippen molar-refractivity contribution in [3.05, 3.63) is 34.6 Å². The van der Waals surface area contributed by atoms with E-state index in [1.807, 2.05) is 6.07 Å². The smallest absolute Gasteiger partial charge is 0.372 e. The lowest BCUT2D eigenvalue weighted by Crippen LogP contribution is -2.02. The number of aromatic carboxylic acids is 1. The molecule has 0 atom stereocenters. The Labute approximate surface area is 112 Å². The van der Waals surface area contributed by atoms with E-state index < -0.39 is 5.97 Å². The molecule has 0 spiro atoms. The highest BCUT2D eigenvalue weighted by Gasteiger charge is 2.23. The first-order valence-corrected chi connectivity index (χ1v) is 6.86. The maximum Gasteiger partial charge on any atom is 0.372 e. The molecule has 1 heterocycles. The Morgan fingerprint density at radius 3 is 2.63 bits per heavy atom. The summed E-state index contributed by atoms with van der Waals surface area (Å²) in [4.78, 5) is 11.3. The Balaban J connectivity index is 2.23. The molecule has 0 unspecified atom stereocenters. The van der Waals surface area contributed by atoms with Gasteiger partial charge >= 0.3 is 5.97 Å². The van der Waals surface area contributed by atoms with Gasteiger partial charge in [-0.2, -0.15) is 0 Å². The quantitative estimate of drug-likeness (QED) is 0.910. The molecule has 1 aliphatic carbocycles. The number of carbonyl (C=O) groups is 1. The molecule has 19 heavy (non-hydrogen) atoms. The van der Waals surface area contributed by atoms with Crippen molar-refractivity contribution in [2.75, 3.05) is 0 Å². The van der Waals surface area contributed by atoms with Crippen molar-refractivity contribution in [1.82, 2.24) is 0 Å². The molecule has 0 radical (unpaired) electrons. The summed E-state index contributed by atoms with van der Waals surface area (Å²) in [5.74, 6) is -0.438. The van der Waals surface area contributed by atoms with Gasteiger partial charge in [0.1, 0.15) is 5.58 Å². The van der Waals surface area contributed by atoms with Gasteiger partial charge in [-0.3, -0.25) is 0 Å². The average Bonchev–Trinajstić information content (AvgIpc) is 2.90.